The average molecular weight is 138 g/mol. The molecule has 0 aromatic heterocycles. The SMILES string of the molecule is CC1C=CCC=C(N)C1N. The quantitative estimate of drug-likeness (QED) is 0.485. The second-order valence-corrected chi connectivity index (χ2v) is 2.75. The Kier molecular flexibility index (Phi) is 2.12. The van der Waals surface area contributed by atoms with Crippen molar-refractivity contribution in [1.82, 2.24) is 0 Å². The Bertz CT molecular complexity index is 170. The third kappa shape index (κ3) is 1.39. The fourth-order valence-electron chi connectivity index (χ4n) is 1.06. The topological polar surface area (TPSA) is 52.0 Å². The van der Waals surface area contributed by atoms with Crippen LogP contribution in [0.15, 0.2) is 23.9 Å². The van der Waals surface area contributed by atoms with Crippen molar-refractivity contribution >= 4 is 0 Å². The van der Waals surface area contributed by atoms with E-state index in [4.69, 9.17) is 11.5 Å². The zero-order valence-corrected chi connectivity index (χ0v) is 6.25. The molecule has 2 unspecified atom stereocenters. The highest BCUT2D eigenvalue weighted by Gasteiger charge is 2.13. The molecule has 2 heteroatoms. The second kappa shape index (κ2) is 2.88. The number of hydrogen-bond donors (Lipinski definition) is 2. The minimum absolute atomic E-state index is 0.0127. The van der Waals surface area contributed by atoms with Crippen LogP contribution in [0.1, 0.15) is 13.3 Å². The van der Waals surface area contributed by atoms with Gasteiger partial charge in [-0.3, -0.25) is 0 Å². The van der Waals surface area contributed by atoms with E-state index in [9.17, 15) is 0 Å². The summed E-state index contributed by atoms with van der Waals surface area (Å²) < 4.78 is 0. The first-order chi connectivity index (χ1) is 4.72. The summed E-state index contributed by atoms with van der Waals surface area (Å²) in [5.41, 5.74) is 12.3. The van der Waals surface area contributed by atoms with Crippen LogP contribution in [0.3, 0.4) is 0 Å². The molecule has 0 amide bonds. The fraction of sp³-hybridized carbons (Fsp3) is 0.500. The predicted molar refractivity (Wildman–Crippen MR) is 43.2 cm³/mol. The van der Waals surface area contributed by atoms with Crippen LogP contribution in [0.4, 0.5) is 0 Å². The van der Waals surface area contributed by atoms with Gasteiger partial charge in [-0.2, -0.15) is 0 Å². The van der Waals surface area contributed by atoms with E-state index in [2.05, 4.69) is 19.1 Å². The van der Waals surface area contributed by atoms with Crippen molar-refractivity contribution in [3.05, 3.63) is 23.9 Å². The highest BCUT2D eigenvalue weighted by atomic mass is 14.7. The molecule has 4 N–H and O–H groups in total. The van der Waals surface area contributed by atoms with Crippen molar-refractivity contribution in [2.45, 2.75) is 19.4 Å². The first kappa shape index (κ1) is 7.35. The van der Waals surface area contributed by atoms with E-state index in [0.717, 1.165) is 12.1 Å². The minimum Gasteiger partial charge on any atom is -0.401 e. The van der Waals surface area contributed by atoms with Gasteiger partial charge in [0.05, 0.1) is 0 Å². The highest BCUT2D eigenvalue weighted by Crippen LogP contribution is 2.12. The lowest BCUT2D eigenvalue weighted by molar-refractivity contribution is 0.601. The average Bonchev–Trinajstić information content (AvgIpc) is 2.04. The largest absolute Gasteiger partial charge is 0.401 e. The van der Waals surface area contributed by atoms with Crippen molar-refractivity contribution in [2.75, 3.05) is 0 Å². The Morgan fingerprint density at radius 3 is 3.00 bits per heavy atom. The number of rotatable bonds is 0. The smallest absolute Gasteiger partial charge is 0.0500 e. The molecule has 1 aliphatic carbocycles. The molecule has 2 atom stereocenters. The van der Waals surface area contributed by atoms with Crippen LogP contribution in [0.5, 0.6) is 0 Å². The Morgan fingerprint density at radius 2 is 2.30 bits per heavy atom. The summed E-state index contributed by atoms with van der Waals surface area (Å²) in [7, 11) is 0. The summed E-state index contributed by atoms with van der Waals surface area (Å²) in [5.74, 6) is 0.374. The van der Waals surface area contributed by atoms with Gasteiger partial charge in [-0.05, 0) is 12.3 Å². The molecule has 0 saturated heterocycles. The van der Waals surface area contributed by atoms with Gasteiger partial charge in [0.25, 0.3) is 0 Å². The van der Waals surface area contributed by atoms with E-state index < -0.39 is 0 Å². The standard InChI is InChI=1S/C8H14N2/c1-6-4-2-3-5-7(9)8(6)10/h2,4-6,8H,3,9-10H2,1H3. The van der Waals surface area contributed by atoms with Gasteiger partial charge >= 0.3 is 0 Å². The maximum Gasteiger partial charge on any atom is 0.0500 e. The molecule has 1 aliphatic rings. The van der Waals surface area contributed by atoms with Gasteiger partial charge in [0.2, 0.25) is 0 Å². The molecule has 56 valence electrons. The molecule has 2 nitrogen and oxygen atoms in total. The summed E-state index contributed by atoms with van der Waals surface area (Å²) in [5, 5.41) is 0. The van der Waals surface area contributed by atoms with Crippen LogP contribution in [-0.2, 0) is 0 Å². The van der Waals surface area contributed by atoms with Crippen LogP contribution < -0.4 is 11.5 Å². The Labute approximate surface area is 61.6 Å². The Balaban J connectivity index is 2.74. The van der Waals surface area contributed by atoms with Crippen molar-refractivity contribution in [2.24, 2.45) is 17.4 Å². The Hall–Kier alpha value is -0.760. The third-order valence-corrected chi connectivity index (χ3v) is 1.88. The molecular formula is C8H14N2. The Morgan fingerprint density at radius 1 is 1.60 bits per heavy atom. The number of nitrogens with two attached hydrogens (primary N) is 2. The van der Waals surface area contributed by atoms with Crippen molar-refractivity contribution in [3.63, 3.8) is 0 Å². The van der Waals surface area contributed by atoms with Gasteiger partial charge in [-0.25, -0.2) is 0 Å². The molecule has 1 rings (SSSR count). The summed E-state index contributed by atoms with van der Waals surface area (Å²) in [6.07, 6.45) is 7.11. The lowest BCUT2D eigenvalue weighted by atomic mass is 10.0. The maximum absolute atomic E-state index is 5.78. The van der Waals surface area contributed by atoms with E-state index in [-0.39, 0.29) is 6.04 Å². The van der Waals surface area contributed by atoms with Crippen molar-refractivity contribution < 1.29 is 0 Å². The molecule has 0 aliphatic heterocycles. The van der Waals surface area contributed by atoms with Gasteiger partial charge in [0.1, 0.15) is 0 Å². The van der Waals surface area contributed by atoms with E-state index in [1.807, 2.05) is 6.08 Å². The van der Waals surface area contributed by atoms with Crippen LogP contribution in [0, 0.1) is 5.92 Å². The normalized spacial score (nSPS) is 33.2. The van der Waals surface area contributed by atoms with E-state index >= 15 is 0 Å². The summed E-state index contributed by atoms with van der Waals surface area (Å²) in [6, 6.07) is 0.0127. The van der Waals surface area contributed by atoms with Gasteiger partial charge < -0.3 is 11.5 Å². The molecule has 0 radical (unpaired) electrons. The molecule has 0 bridgehead atoms. The lowest BCUT2D eigenvalue weighted by Crippen LogP contribution is -2.32. The van der Waals surface area contributed by atoms with E-state index in [0.29, 0.717) is 5.92 Å². The third-order valence-electron chi connectivity index (χ3n) is 1.88. The summed E-state index contributed by atoms with van der Waals surface area (Å²) in [6.45, 7) is 2.08. The summed E-state index contributed by atoms with van der Waals surface area (Å²) >= 11 is 0. The van der Waals surface area contributed by atoms with Crippen LogP contribution in [0.2, 0.25) is 0 Å². The first-order valence-corrected chi connectivity index (χ1v) is 3.59. The van der Waals surface area contributed by atoms with Gasteiger partial charge in [0.15, 0.2) is 0 Å². The molecule has 0 fully saturated rings. The zero-order chi connectivity index (χ0) is 7.56. The van der Waals surface area contributed by atoms with Gasteiger partial charge in [0, 0.05) is 11.7 Å². The molecular weight excluding hydrogens is 124 g/mol. The molecule has 10 heavy (non-hydrogen) atoms. The predicted octanol–water partition coefficient (Wildman–Crippen LogP) is 0.752. The summed E-state index contributed by atoms with van der Waals surface area (Å²) in [4.78, 5) is 0. The fourth-order valence-corrected chi connectivity index (χ4v) is 1.06. The van der Waals surface area contributed by atoms with Crippen LogP contribution >= 0.6 is 0 Å². The number of hydrogen-bond acceptors (Lipinski definition) is 2. The van der Waals surface area contributed by atoms with Crippen LogP contribution in [0.25, 0.3) is 0 Å². The van der Waals surface area contributed by atoms with Gasteiger partial charge in [-0.15, -0.1) is 0 Å². The lowest BCUT2D eigenvalue weighted by Gasteiger charge is -2.14. The minimum atomic E-state index is 0.0127. The number of allylic oxidation sites excluding steroid dienone is 2. The van der Waals surface area contributed by atoms with Crippen LogP contribution in [-0.4, -0.2) is 6.04 Å². The molecule has 0 heterocycles. The second-order valence-electron chi connectivity index (χ2n) is 2.75. The van der Waals surface area contributed by atoms with Crippen molar-refractivity contribution in [3.8, 4) is 0 Å². The molecule has 0 saturated carbocycles. The highest BCUT2D eigenvalue weighted by molar-refractivity contribution is 5.15. The zero-order valence-electron chi connectivity index (χ0n) is 6.25. The van der Waals surface area contributed by atoms with Gasteiger partial charge in [-0.1, -0.05) is 25.2 Å². The molecule has 0 aromatic carbocycles. The first-order valence-electron chi connectivity index (χ1n) is 3.59. The van der Waals surface area contributed by atoms with E-state index in [1.165, 1.54) is 0 Å². The van der Waals surface area contributed by atoms with Crippen molar-refractivity contribution in [1.29, 1.82) is 0 Å². The molecule has 0 aromatic rings. The maximum atomic E-state index is 5.78. The monoisotopic (exact) mass is 138 g/mol. The van der Waals surface area contributed by atoms with E-state index in [1.54, 1.807) is 0 Å². The molecule has 0 spiro atoms.